The van der Waals surface area contributed by atoms with E-state index in [9.17, 15) is 4.39 Å². The van der Waals surface area contributed by atoms with E-state index in [0.29, 0.717) is 12.2 Å². The van der Waals surface area contributed by atoms with Gasteiger partial charge in [-0.15, -0.1) is 0 Å². The molecule has 0 spiro atoms. The molecule has 1 saturated carbocycles. The van der Waals surface area contributed by atoms with E-state index in [1.807, 2.05) is 20.0 Å². The van der Waals surface area contributed by atoms with Crippen LogP contribution in [0, 0.1) is 5.82 Å². The van der Waals surface area contributed by atoms with E-state index in [2.05, 4.69) is 21.2 Å². The third-order valence-electron chi connectivity index (χ3n) is 3.97. The number of nitrogens with one attached hydrogen (secondary N) is 1. The molecule has 2 rings (SSSR count). The second-order valence-corrected chi connectivity index (χ2v) is 6.01. The average Bonchev–Trinajstić information content (AvgIpc) is 2.84. The van der Waals surface area contributed by atoms with Crippen molar-refractivity contribution in [1.29, 1.82) is 0 Å². The van der Waals surface area contributed by atoms with Gasteiger partial charge in [0.1, 0.15) is 5.82 Å². The van der Waals surface area contributed by atoms with Crippen LogP contribution in [0.4, 0.5) is 4.39 Å². The molecular weight excluding hydrogens is 309 g/mol. The molecule has 19 heavy (non-hydrogen) atoms. The van der Waals surface area contributed by atoms with Gasteiger partial charge in [0, 0.05) is 16.6 Å². The van der Waals surface area contributed by atoms with Crippen molar-refractivity contribution in [3.8, 4) is 0 Å². The first-order valence-electron chi connectivity index (χ1n) is 6.89. The number of benzene rings is 1. The summed E-state index contributed by atoms with van der Waals surface area (Å²) in [5.74, 6) is -0.173. The SMILES string of the molecule is CCOC1(C(NC)c2cc(Br)ccc2F)CCCC1. The van der Waals surface area contributed by atoms with Crippen LogP contribution in [0.2, 0.25) is 0 Å². The standard InChI is InChI=1S/C15H21BrFNO/c1-3-19-15(8-4-5-9-15)14(18-2)12-10-11(16)6-7-13(12)17/h6-7,10,14,18H,3-5,8-9H2,1-2H3. The van der Waals surface area contributed by atoms with Crippen molar-refractivity contribution in [2.24, 2.45) is 0 Å². The van der Waals surface area contributed by atoms with Crippen molar-refractivity contribution in [3.05, 3.63) is 34.1 Å². The fourth-order valence-electron chi connectivity index (χ4n) is 3.22. The number of ether oxygens (including phenoxy) is 1. The summed E-state index contributed by atoms with van der Waals surface area (Å²) in [6.07, 6.45) is 4.26. The third kappa shape index (κ3) is 3.01. The van der Waals surface area contributed by atoms with E-state index in [1.54, 1.807) is 6.07 Å². The summed E-state index contributed by atoms with van der Waals surface area (Å²) in [6.45, 7) is 2.66. The molecule has 0 aromatic heterocycles. The van der Waals surface area contributed by atoms with E-state index in [1.165, 1.54) is 6.07 Å². The molecule has 2 nitrogen and oxygen atoms in total. The highest BCUT2D eigenvalue weighted by molar-refractivity contribution is 9.10. The van der Waals surface area contributed by atoms with Crippen LogP contribution in [0.1, 0.15) is 44.2 Å². The van der Waals surface area contributed by atoms with Crippen LogP contribution in [0.5, 0.6) is 0 Å². The Labute approximate surface area is 122 Å². The van der Waals surface area contributed by atoms with Gasteiger partial charge in [-0.1, -0.05) is 28.8 Å². The van der Waals surface area contributed by atoms with Crippen LogP contribution in [-0.4, -0.2) is 19.3 Å². The van der Waals surface area contributed by atoms with E-state index in [4.69, 9.17) is 4.74 Å². The normalized spacial score (nSPS) is 19.6. The molecule has 106 valence electrons. The van der Waals surface area contributed by atoms with Gasteiger partial charge in [-0.3, -0.25) is 0 Å². The Morgan fingerprint density at radius 3 is 2.68 bits per heavy atom. The van der Waals surface area contributed by atoms with Crippen molar-refractivity contribution < 1.29 is 9.13 Å². The predicted octanol–water partition coefficient (Wildman–Crippen LogP) is 4.20. The van der Waals surface area contributed by atoms with Crippen LogP contribution < -0.4 is 5.32 Å². The molecule has 0 heterocycles. The summed E-state index contributed by atoms with van der Waals surface area (Å²) < 4.78 is 21.1. The maximum Gasteiger partial charge on any atom is 0.128 e. The van der Waals surface area contributed by atoms with Crippen LogP contribution in [0.25, 0.3) is 0 Å². The van der Waals surface area contributed by atoms with Crippen LogP contribution in [-0.2, 0) is 4.74 Å². The molecular formula is C15H21BrFNO. The Bertz CT molecular complexity index is 432. The predicted molar refractivity (Wildman–Crippen MR) is 78.7 cm³/mol. The Hall–Kier alpha value is -0.450. The number of hydrogen-bond donors (Lipinski definition) is 1. The fourth-order valence-corrected chi connectivity index (χ4v) is 3.59. The lowest BCUT2D eigenvalue weighted by Crippen LogP contribution is -2.43. The Balaban J connectivity index is 2.39. The summed E-state index contributed by atoms with van der Waals surface area (Å²) in [5.41, 5.74) is 0.415. The number of halogens is 2. The van der Waals surface area contributed by atoms with Gasteiger partial charge in [0.25, 0.3) is 0 Å². The maximum atomic E-state index is 14.2. The van der Waals surface area contributed by atoms with Crippen molar-refractivity contribution in [2.45, 2.75) is 44.2 Å². The molecule has 1 aromatic rings. The zero-order valence-corrected chi connectivity index (χ0v) is 13.1. The highest BCUT2D eigenvalue weighted by atomic mass is 79.9. The Morgan fingerprint density at radius 2 is 2.11 bits per heavy atom. The third-order valence-corrected chi connectivity index (χ3v) is 4.46. The molecule has 1 N–H and O–H groups in total. The molecule has 4 heteroatoms. The van der Waals surface area contributed by atoms with Crippen molar-refractivity contribution in [2.75, 3.05) is 13.7 Å². The molecule has 0 radical (unpaired) electrons. The lowest BCUT2D eigenvalue weighted by Gasteiger charge is -2.37. The molecule has 0 aliphatic heterocycles. The largest absolute Gasteiger partial charge is 0.373 e. The van der Waals surface area contributed by atoms with E-state index < -0.39 is 0 Å². The molecule has 1 aromatic carbocycles. The molecule has 1 fully saturated rings. The van der Waals surface area contributed by atoms with Crippen molar-refractivity contribution in [1.82, 2.24) is 5.32 Å². The molecule has 1 unspecified atom stereocenters. The topological polar surface area (TPSA) is 21.3 Å². The zero-order valence-electron chi connectivity index (χ0n) is 11.5. The molecule has 0 bridgehead atoms. The summed E-state index contributed by atoms with van der Waals surface area (Å²) in [4.78, 5) is 0. The van der Waals surface area contributed by atoms with Gasteiger partial charge in [0.2, 0.25) is 0 Å². The smallest absolute Gasteiger partial charge is 0.128 e. The van der Waals surface area contributed by atoms with Crippen LogP contribution in [0.3, 0.4) is 0 Å². The lowest BCUT2D eigenvalue weighted by molar-refractivity contribution is -0.0617. The highest BCUT2D eigenvalue weighted by Gasteiger charge is 2.43. The second kappa shape index (κ2) is 6.33. The first kappa shape index (κ1) is 14.9. The summed E-state index contributed by atoms with van der Waals surface area (Å²) in [7, 11) is 1.88. The Morgan fingerprint density at radius 1 is 1.42 bits per heavy atom. The molecule has 1 aliphatic rings. The van der Waals surface area contributed by atoms with Gasteiger partial charge in [-0.2, -0.15) is 0 Å². The van der Waals surface area contributed by atoms with Gasteiger partial charge in [0.15, 0.2) is 0 Å². The van der Waals surface area contributed by atoms with E-state index in [-0.39, 0.29) is 17.5 Å². The molecule has 1 aliphatic carbocycles. The molecule has 1 atom stereocenters. The molecule has 0 saturated heterocycles. The number of likely N-dealkylation sites (N-methyl/N-ethyl adjacent to an activating group) is 1. The minimum absolute atomic E-state index is 0.104. The summed E-state index contributed by atoms with van der Waals surface area (Å²) >= 11 is 3.42. The fraction of sp³-hybridized carbons (Fsp3) is 0.600. The van der Waals surface area contributed by atoms with Gasteiger partial charge in [-0.05, 0) is 45.0 Å². The second-order valence-electron chi connectivity index (χ2n) is 5.09. The minimum Gasteiger partial charge on any atom is -0.373 e. The van der Waals surface area contributed by atoms with E-state index in [0.717, 1.165) is 30.2 Å². The lowest BCUT2D eigenvalue weighted by atomic mass is 9.86. The quantitative estimate of drug-likeness (QED) is 0.874. The monoisotopic (exact) mass is 329 g/mol. The summed E-state index contributed by atoms with van der Waals surface area (Å²) in [6, 6.07) is 4.99. The average molecular weight is 330 g/mol. The van der Waals surface area contributed by atoms with Gasteiger partial charge >= 0.3 is 0 Å². The highest BCUT2D eigenvalue weighted by Crippen LogP contribution is 2.43. The van der Waals surface area contributed by atoms with Crippen LogP contribution in [0.15, 0.2) is 22.7 Å². The Kier molecular flexibility index (Phi) is 4.98. The van der Waals surface area contributed by atoms with Crippen molar-refractivity contribution >= 4 is 15.9 Å². The first-order chi connectivity index (χ1) is 9.13. The van der Waals surface area contributed by atoms with E-state index >= 15 is 0 Å². The van der Waals surface area contributed by atoms with Gasteiger partial charge < -0.3 is 10.1 Å². The van der Waals surface area contributed by atoms with Crippen LogP contribution >= 0.6 is 15.9 Å². The minimum atomic E-state index is -0.273. The van der Waals surface area contributed by atoms with Gasteiger partial charge in [-0.25, -0.2) is 4.39 Å². The first-order valence-corrected chi connectivity index (χ1v) is 7.68. The van der Waals surface area contributed by atoms with Crippen molar-refractivity contribution in [3.63, 3.8) is 0 Å². The summed E-state index contributed by atoms with van der Waals surface area (Å²) in [5, 5.41) is 3.27. The number of hydrogen-bond acceptors (Lipinski definition) is 2. The maximum absolute atomic E-state index is 14.2. The number of rotatable bonds is 5. The van der Waals surface area contributed by atoms with Gasteiger partial charge in [0.05, 0.1) is 11.6 Å². The zero-order chi connectivity index (χ0) is 13.9. The molecule has 0 amide bonds.